The average molecular weight is 330 g/mol. The Morgan fingerprint density at radius 1 is 1.48 bits per heavy atom. The lowest BCUT2D eigenvalue weighted by molar-refractivity contribution is -0.385. The molecule has 0 saturated carbocycles. The number of nitro groups is 1. The maximum absolute atomic E-state index is 13.3. The fourth-order valence-electron chi connectivity index (χ4n) is 1.83. The highest BCUT2D eigenvalue weighted by molar-refractivity contribution is 5.90. The van der Waals surface area contributed by atoms with Crippen LogP contribution in [0.15, 0.2) is 24.5 Å². The SMILES string of the molecule is CCOC(=O)c1cnn(-c2ncccc2[N+](=O)[O-])c1C(F)(F)F. The first-order chi connectivity index (χ1) is 10.8. The highest BCUT2D eigenvalue weighted by Crippen LogP contribution is 2.35. The normalized spacial score (nSPS) is 11.3. The van der Waals surface area contributed by atoms with Gasteiger partial charge in [0.15, 0.2) is 5.69 Å². The second-order valence-electron chi connectivity index (χ2n) is 4.14. The number of pyridine rings is 1. The predicted octanol–water partition coefficient (Wildman–Crippen LogP) is 2.37. The number of aromatic nitrogens is 3. The van der Waals surface area contributed by atoms with Gasteiger partial charge in [-0.25, -0.2) is 14.5 Å². The van der Waals surface area contributed by atoms with E-state index in [9.17, 15) is 28.1 Å². The summed E-state index contributed by atoms with van der Waals surface area (Å²) in [6.45, 7) is 1.30. The number of hydrogen-bond donors (Lipinski definition) is 0. The Morgan fingerprint density at radius 3 is 2.74 bits per heavy atom. The summed E-state index contributed by atoms with van der Waals surface area (Å²) in [4.78, 5) is 25.3. The lowest BCUT2D eigenvalue weighted by atomic mass is 10.2. The minimum Gasteiger partial charge on any atom is -0.462 e. The van der Waals surface area contributed by atoms with E-state index in [0.717, 1.165) is 12.3 Å². The molecule has 0 bridgehead atoms. The maximum atomic E-state index is 13.3. The Balaban J connectivity index is 2.70. The van der Waals surface area contributed by atoms with E-state index in [-0.39, 0.29) is 11.3 Å². The molecule has 0 N–H and O–H groups in total. The molecule has 11 heteroatoms. The van der Waals surface area contributed by atoms with E-state index in [1.54, 1.807) is 0 Å². The van der Waals surface area contributed by atoms with Crippen molar-refractivity contribution in [2.24, 2.45) is 0 Å². The summed E-state index contributed by atoms with van der Waals surface area (Å²) in [7, 11) is 0. The third-order valence-electron chi connectivity index (χ3n) is 2.70. The quantitative estimate of drug-likeness (QED) is 0.485. The molecule has 0 radical (unpaired) electrons. The van der Waals surface area contributed by atoms with Crippen LogP contribution >= 0.6 is 0 Å². The van der Waals surface area contributed by atoms with Crippen LogP contribution in [0.3, 0.4) is 0 Å². The minimum atomic E-state index is -5.00. The van der Waals surface area contributed by atoms with E-state index >= 15 is 0 Å². The van der Waals surface area contributed by atoms with Crippen LogP contribution in [0.25, 0.3) is 5.82 Å². The van der Waals surface area contributed by atoms with Crippen LogP contribution in [0.5, 0.6) is 0 Å². The highest BCUT2D eigenvalue weighted by Gasteiger charge is 2.42. The number of ether oxygens (including phenoxy) is 1. The van der Waals surface area contributed by atoms with Crippen molar-refractivity contribution in [2.75, 3.05) is 6.61 Å². The van der Waals surface area contributed by atoms with Gasteiger partial charge in [0.1, 0.15) is 5.56 Å². The fourth-order valence-corrected chi connectivity index (χ4v) is 1.83. The van der Waals surface area contributed by atoms with Gasteiger partial charge in [0.25, 0.3) is 0 Å². The first-order valence-electron chi connectivity index (χ1n) is 6.19. The molecule has 0 amide bonds. The van der Waals surface area contributed by atoms with E-state index in [1.807, 2.05) is 0 Å². The zero-order valence-electron chi connectivity index (χ0n) is 11.6. The van der Waals surface area contributed by atoms with Crippen LogP contribution in [-0.2, 0) is 10.9 Å². The molecule has 0 fully saturated rings. The second kappa shape index (κ2) is 6.02. The summed E-state index contributed by atoms with van der Waals surface area (Å²) in [5.74, 6) is -1.88. The van der Waals surface area contributed by atoms with Crippen LogP contribution < -0.4 is 0 Å². The summed E-state index contributed by atoms with van der Waals surface area (Å²) in [6.07, 6.45) is -3.28. The van der Waals surface area contributed by atoms with Gasteiger partial charge in [-0.3, -0.25) is 10.1 Å². The van der Waals surface area contributed by atoms with Crippen molar-refractivity contribution >= 4 is 11.7 Å². The zero-order chi connectivity index (χ0) is 17.2. The smallest absolute Gasteiger partial charge is 0.434 e. The van der Waals surface area contributed by atoms with Gasteiger partial charge >= 0.3 is 17.8 Å². The molecule has 0 aliphatic heterocycles. The van der Waals surface area contributed by atoms with Crippen molar-refractivity contribution < 1.29 is 27.6 Å². The Hall–Kier alpha value is -2.98. The third-order valence-corrected chi connectivity index (χ3v) is 2.70. The van der Waals surface area contributed by atoms with Crippen LogP contribution in [0.2, 0.25) is 0 Å². The molecule has 0 aromatic carbocycles. The number of rotatable bonds is 4. The van der Waals surface area contributed by atoms with Crippen molar-refractivity contribution in [2.45, 2.75) is 13.1 Å². The van der Waals surface area contributed by atoms with E-state index in [0.29, 0.717) is 6.20 Å². The topological polar surface area (TPSA) is 100 Å². The van der Waals surface area contributed by atoms with Gasteiger partial charge in [0.05, 0.1) is 17.7 Å². The molecular weight excluding hydrogens is 321 g/mol. The summed E-state index contributed by atoms with van der Waals surface area (Å²) >= 11 is 0. The molecule has 8 nitrogen and oxygen atoms in total. The molecule has 0 saturated heterocycles. The Morgan fingerprint density at radius 2 is 2.17 bits per heavy atom. The third kappa shape index (κ3) is 3.12. The molecule has 0 aliphatic rings. The van der Waals surface area contributed by atoms with E-state index in [1.165, 1.54) is 13.0 Å². The summed E-state index contributed by atoms with van der Waals surface area (Å²) in [5.41, 5.74) is -3.02. The van der Waals surface area contributed by atoms with Gasteiger partial charge in [-0.2, -0.15) is 18.3 Å². The first-order valence-corrected chi connectivity index (χ1v) is 6.19. The molecule has 2 heterocycles. The molecule has 0 spiro atoms. The summed E-state index contributed by atoms with van der Waals surface area (Å²) < 4.78 is 44.6. The number of carbonyl (C=O) groups is 1. The van der Waals surface area contributed by atoms with Gasteiger partial charge in [0, 0.05) is 12.3 Å². The second-order valence-corrected chi connectivity index (χ2v) is 4.14. The van der Waals surface area contributed by atoms with Gasteiger partial charge in [-0.1, -0.05) is 0 Å². The highest BCUT2D eigenvalue weighted by atomic mass is 19.4. The molecule has 2 rings (SSSR count). The van der Waals surface area contributed by atoms with Gasteiger partial charge < -0.3 is 4.74 Å². The lowest BCUT2D eigenvalue weighted by Crippen LogP contribution is -2.19. The molecule has 2 aromatic heterocycles. The zero-order valence-corrected chi connectivity index (χ0v) is 11.6. The van der Waals surface area contributed by atoms with Gasteiger partial charge in [0.2, 0.25) is 5.82 Å². The monoisotopic (exact) mass is 330 g/mol. The predicted molar refractivity (Wildman–Crippen MR) is 69.0 cm³/mol. The Labute approximate surface area is 126 Å². The van der Waals surface area contributed by atoms with Crippen molar-refractivity contribution in [1.82, 2.24) is 14.8 Å². The van der Waals surface area contributed by atoms with Crippen molar-refractivity contribution in [3.05, 3.63) is 45.9 Å². The van der Waals surface area contributed by atoms with Crippen LogP contribution in [0.1, 0.15) is 23.0 Å². The largest absolute Gasteiger partial charge is 0.462 e. The van der Waals surface area contributed by atoms with E-state index in [2.05, 4.69) is 14.8 Å². The van der Waals surface area contributed by atoms with Crippen LogP contribution in [-0.4, -0.2) is 32.3 Å². The Kier molecular flexibility index (Phi) is 4.29. The first kappa shape index (κ1) is 16.4. The number of carbonyl (C=O) groups excluding carboxylic acids is 1. The molecule has 122 valence electrons. The van der Waals surface area contributed by atoms with Crippen LogP contribution in [0, 0.1) is 10.1 Å². The lowest BCUT2D eigenvalue weighted by Gasteiger charge is -2.11. The minimum absolute atomic E-state index is 0.134. The number of halogens is 3. The molecule has 2 aromatic rings. The summed E-state index contributed by atoms with van der Waals surface area (Å²) in [5, 5.41) is 14.4. The number of nitrogens with zero attached hydrogens (tertiary/aromatic N) is 4. The maximum Gasteiger partial charge on any atom is 0.434 e. The van der Waals surface area contributed by atoms with Crippen molar-refractivity contribution in [3.63, 3.8) is 0 Å². The van der Waals surface area contributed by atoms with Crippen molar-refractivity contribution in [1.29, 1.82) is 0 Å². The Bertz CT molecular complexity index is 757. The molecule has 0 atom stereocenters. The molecular formula is C12H9F3N4O4. The van der Waals surface area contributed by atoms with Crippen molar-refractivity contribution in [3.8, 4) is 5.82 Å². The fraction of sp³-hybridized carbons (Fsp3) is 0.250. The summed E-state index contributed by atoms with van der Waals surface area (Å²) in [6, 6.07) is 2.18. The molecule has 23 heavy (non-hydrogen) atoms. The standard InChI is InChI=1S/C12H9F3N4O4/c1-2-23-11(20)7-6-17-18(9(7)12(13,14)15)10-8(19(21)22)4-3-5-16-10/h3-6H,2H2,1H3. The van der Waals surface area contributed by atoms with Gasteiger partial charge in [-0.15, -0.1) is 0 Å². The molecule has 0 unspecified atom stereocenters. The van der Waals surface area contributed by atoms with Gasteiger partial charge in [-0.05, 0) is 13.0 Å². The molecule has 0 aliphatic carbocycles. The van der Waals surface area contributed by atoms with E-state index < -0.39 is 39.8 Å². The van der Waals surface area contributed by atoms with E-state index in [4.69, 9.17) is 0 Å². The number of esters is 1. The van der Waals surface area contributed by atoms with Crippen LogP contribution in [0.4, 0.5) is 18.9 Å². The average Bonchev–Trinajstić information content (AvgIpc) is 2.92. The number of hydrogen-bond acceptors (Lipinski definition) is 6. The number of alkyl halides is 3.